The van der Waals surface area contributed by atoms with Crippen molar-refractivity contribution in [2.24, 2.45) is 0 Å². The predicted molar refractivity (Wildman–Crippen MR) is 71.0 cm³/mol. The Balaban J connectivity index is 2.33. The van der Waals surface area contributed by atoms with Gasteiger partial charge >= 0.3 is 0 Å². The van der Waals surface area contributed by atoms with Gasteiger partial charge in [0.1, 0.15) is 0 Å². The van der Waals surface area contributed by atoms with E-state index in [0.717, 1.165) is 11.1 Å². The summed E-state index contributed by atoms with van der Waals surface area (Å²) in [5.74, 6) is -0.00880. The van der Waals surface area contributed by atoms with Crippen molar-refractivity contribution in [3.8, 4) is 0 Å². The van der Waals surface area contributed by atoms with Crippen LogP contribution < -0.4 is 0 Å². The number of aryl methyl sites for hydroxylation is 2. The number of aromatic nitrogens is 1. The number of pyridine rings is 1. The lowest BCUT2D eigenvalue weighted by atomic mass is 10.2. The van der Waals surface area contributed by atoms with Crippen LogP contribution in [-0.2, 0) is 15.6 Å². The summed E-state index contributed by atoms with van der Waals surface area (Å²) in [4.78, 5) is 3.98. The number of benzene rings is 1. The van der Waals surface area contributed by atoms with Crippen LogP contribution >= 0.6 is 0 Å². The molecular weight excluding hydrogens is 246 g/mol. The Bertz CT molecular complexity index is 646. The summed E-state index contributed by atoms with van der Waals surface area (Å²) in [6.07, 6.45) is 1.51. The van der Waals surface area contributed by atoms with E-state index >= 15 is 0 Å². The Labute approximate surface area is 107 Å². The van der Waals surface area contributed by atoms with E-state index in [1.54, 1.807) is 19.1 Å². The highest BCUT2D eigenvalue weighted by Crippen LogP contribution is 2.17. The van der Waals surface area contributed by atoms with Crippen LogP contribution in [0.3, 0.4) is 0 Å². The van der Waals surface area contributed by atoms with Gasteiger partial charge in [0.05, 0.1) is 5.75 Å². The molecule has 1 aromatic carbocycles. The lowest BCUT2D eigenvalue weighted by Gasteiger charge is -2.06. The lowest BCUT2D eigenvalue weighted by Crippen LogP contribution is -2.08. The van der Waals surface area contributed by atoms with Crippen LogP contribution in [0, 0.1) is 13.8 Å². The average molecular weight is 261 g/mol. The molecule has 0 spiro atoms. The molecule has 0 aliphatic carbocycles. The zero-order chi connectivity index (χ0) is 13.2. The Morgan fingerprint density at radius 3 is 2.33 bits per heavy atom. The van der Waals surface area contributed by atoms with Crippen LogP contribution in [0.25, 0.3) is 0 Å². The first-order valence-electron chi connectivity index (χ1n) is 5.69. The molecule has 18 heavy (non-hydrogen) atoms. The van der Waals surface area contributed by atoms with Crippen LogP contribution in [0.1, 0.15) is 16.7 Å². The van der Waals surface area contributed by atoms with Gasteiger partial charge in [0.15, 0.2) is 14.9 Å². The molecule has 2 rings (SSSR count). The van der Waals surface area contributed by atoms with Crippen molar-refractivity contribution in [1.82, 2.24) is 4.98 Å². The molecule has 0 aliphatic rings. The van der Waals surface area contributed by atoms with Crippen molar-refractivity contribution in [3.05, 3.63) is 59.3 Å². The molecule has 0 unspecified atom stereocenters. The van der Waals surface area contributed by atoms with Gasteiger partial charge in [0.25, 0.3) is 0 Å². The Morgan fingerprint density at radius 2 is 1.72 bits per heavy atom. The van der Waals surface area contributed by atoms with Crippen molar-refractivity contribution in [3.63, 3.8) is 0 Å². The van der Waals surface area contributed by atoms with Gasteiger partial charge in [-0.15, -0.1) is 0 Å². The fourth-order valence-electron chi connectivity index (χ4n) is 1.77. The van der Waals surface area contributed by atoms with Gasteiger partial charge in [-0.1, -0.05) is 35.9 Å². The molecule has 0 fully saturated rings. The third kappa shape index (κ3) is 2.76. The van der Waals surface area contributed by atoms with Crippen LogP contribution in [0.5, 0.6) is 0 Å². The maximum absolute atomic E-state index is 12.2. The monoisotopic (exact) mass is 261 g/mol. The summed E-state index contributed by atoms with van der Waals surface area (Å²) < 4.78 is 24.5. The first-order valence-corrected chi connectivity index (χ1v) is 7.34. The first-order chi connectivity index (χ1) is 8.49. The number of nitrogens with zero attached hydrogens (tertiary/aromatic N) is 1. The van der Waals surface area contributed by atoms with Crippen molar-refractivity contribution < 1.29 is 8.42 Å². The zero-order valence-corrected chi connectivity index (χ0v) is 11.2. The molecule has 0 aliphatic heterocycles. The summed E-state index contributed by atoms with van der Waals surface area (Å²) in [6, 6.07) is 11.0. The van der Waals surface area contributed by atoms with Crippen molar-refractivity contribution >= 4 is 9.84 Å². The van der Waals surface area contributed by atoms with E-state index in [1.807, 2.05) is 31.2 Å². The van der Waals surface area contributed by atoms with Gasteiger partial charge in [0.2, 0.25) is 0 Å². The molecule has 0 saturated heterocycles. The predicted octanol–water partition coefficient (Wildman–Crippen LogP) is 2.67. The fraction of sp³-hybridized carbons (Fsp3) is 0.214. The topological polar surface area (TPSA) is 47.0 Å². The number of hydrogen-bond donors (Lipinski definition) is 0. The molecule has 0 bridgehead atoms. The van der Waals surface area contributed by atoms with Gasteiger partial charge in [-0.3, -0.25) is 0 Å². The highest BCUT2D eigenvalue weighted by atomic mass is 32.2. The van der Waals surface area contributed by atoms with Crippen LogP contribution in [0.15, 0.2) is 47.6 Å². The Hall–Kier alpha value is -1.68. The molecule has 1 heterocycles. The summed E-state index contributed by atoms with van der Waals surface area (Å²) in [6.45, 7) is 3.73. The molecule has 3 nitrogen and oxygen atoms in total. The van der Waals surface area contributed by atoms with E-state index in [2.05, 4.69) is 4.98 Å². The van der Waals surface area contributed by atoms with E-state index in [9.17, 15) is 8.42 Å². The van der Waals surface area contributed by atoms with Gasteiger partial charge in [0, 0.05) is 6.20 Å². The lowest BCUT2D eigenvalue weighted by molar-refractivity contribution is 0.590. The molecule has 4 heteroatoms. The van der Waals surface area contributed by atoms with Gasteiger partial charge in [-0.05, 0) is 31.0 Å². The Morgan fingerprint density at radius 1 is 1.06 bits per heavy atom. The SMILES string of the molecule is Cc1ccc(CS(=O)(=O)c2ncccc2C)cc1. The van der Waals surface area contributed by atoms with E-state index in [4.69, 9.17) is 0 Å². The number of hydrogen-bond acceptors (Lipinski definition) is 3. The maximum atomic E-state index is 12.2. The van der Waals surface area contributed by atoms with Crippen molar-refractivity contribution in [2.45, 2.75) is 24.6 Å². The summed E-state index contributed by atoms with van der Waals surface area (Å²) in [7, 11) is -3.37. The normalized spacial score (nSPS) is 11.4. The minimum atomic E-state index is -3.37. The molecule has 1 aromatic heterocycles. The maximum Gasteiger partial charge on any atom is 0.199 e. The molecule has 0 amide bonds. The minimum Gasteiger partial charge on any atom is -0.244 e. The quantitative estimate of drug-likeness (QED) is 0.853. The second-order valence-corrected chi connectivity index (χ2v) is 6.28. The van der Waals surface area contributed by atoms with Gasteiger partial charge in [-0.2, -0.15) is 0 Å². The number of sulfone groups is 1. The van der Waals surface area contributed by atoms with Crippen LogP contribution in [-0.4, -0.2) is 13.4 Å². The zero-order valence-electron chi connectivity index (χ0n) is 10.4. The molecule has 94 valence electrons. The second-order valence-electron chi connectivity index (χ2n) is 4.37. The fourth-order valence-corrected chi connectivity index (χ4v) is 3.32. The van der Waals surface area contributed by atoms with E-state index < -0.39 is 9.84 Å². The third-order valence-corrected chi connectivity index (χ3v) is 4.46. The molecule has 0 N–H and O–H groups in total. The largest absolute Gasteiger partial charge is 0.244 e. The van der Waals surface area contributed by atoms with Gasteiger partial charge in [-0.25, -0.2) is 13.4 Å². The number of rotatable bonds is 3. The Kier molecular flexibility index (Phi) is 3.48. The molecule has 2 aromatic rings. The summed E-state index contributed by atoms with van der Waals surface area (Å²) in [5.41, 5.74) is 2.58. The van der Waals surface area contributed by atoms with E-state index in [0.29, 0.717) is 5.56 Å². The van der Waals surface area contributed by atoms with Crippen molar-refractivity contribution in [2.75, 3.05) is 0 Å². The van der Waals surface area contributed by atoms with E-state index in [1.165, 1.54) is 6.20 Å². The van der Waals surface area contributed by atoms with Crippen molar-refractivity contribution in [1.29, 1.82) is 0 Å². The molecule has 0 radical (unpaired) electrons. The van der Waals surface area contributed by atoms with Crippen LogP contribution in [0.4, 0.5) is 0 Å². The summed E-state index contributed by atoms with van der Waals surface area (Å²) in [5, 5.41) is 0.172. The highest BCUT2D eigenvalue weighted by molar-refractivity contribution is 7.90. The first kappa shape index (κ1) is 12.8. The summed E-state index contributed by atoms with van der Waals surface area (Å²) >= 11 is 0. The average Bonchev–Trinajstić information content (AvgIpc) is 2.32. The molecular formula is C14H15NO2S. The molecule has 0 saturated carbocycles. The third-order valence-electron chi connectivity index (χ3n) is 2.73. The van der Waals surface area contributed by atoms with E-state index in [-0.39, 0.29) is 10.8 Å². The smallest absolute Gasteiger partial charge is 0.199 e. The van der Waals surface area contributed by atoms with Gasteiger partial charge < -0.3 is 0 Å². The minimum absolute atomic E-state index is 0.00880. The van der Waals surface area contributed by atoms with Crippen LogP contribution in [0.2, 0.25) is 0 Å². The second kappa shape index (κ2) is 4.90. The highest BCUT2D eigenvalue weighted by Gasteiger charge is 2.18. The molecule has 0 atom stereocenters. The standard InChI is InChI=1S/C14H15NO2S/c1-11-5-7-13(8-6-11)10-18(16,17)14-12(2)4-3-9-15-14/h3-9H,10H2,1-2H3.